The normalized spacial score (nSPS) is 14.6. The molecule has 0 spiro atoms. The Morgan fingerprint density at radius 1 is 0.795 bits per heavy atom. The number of rotatable bonds is 11. The Labute approximate surface area is 233 Å². The lowest BCUT2D eigenvalue weighted by Gasteiger charge is -2.19. The topological polar surface area (TPSA) is 74.3 Å². The van der Waals surface area contributed by atoms with Crippen LogP contribution in [-0.4, -0.2) is 49.5 Å². The van der Waals surface area contributed by atoms with Crippen molar-refractivity contribution in [3.8, 4) is 23.0 Å². The lowest BCUT2D eigenvalue weighted by atomic mass is 9.87. The fourth-order valence-corrected chi connectivity index (χ4v) is 4.76. The molecule has 0 atom stereocenters. The Morgan fingerprint density at radius 2 is 1.49 bits per heavy atom. The molecule has 204 valence electrons. The van der Waals surface area contributed by atoms with Crippen LogP contribution in [0, 0.1) is 0 Å². The Morgan fingerprint density at radius 3 is 2.18 bits per heavy atom. The SMILES string of the molecule is COc1ccccc1OCCN1C(=O)S/C(=C\c2cccc(OCCOc3ccc(C(C)(C)C)cc3)c2)C1=O. The van der Waals surface area contributed by atoms with Gasteiger partial charge in [0.05, 0.1) is 18.6 Å². The summed E-state index contributed by atoms with van der Waals surface area (Å²) < 4.78 is 22.6. The maximum absolute atomic E-state index is 12.9. The molecule has 0 aromatic heterocycles. The first-order valence-electron chi connectivity index (χ1n) is 12.7. The molecule has 1 heterocycles. The van der Waals surface area contributed by atoms with Gasteiger partial charge < -0.3 is 18.9 Å². The molecule has 0 radical (unpaired) electrons. The quantitative estimate of drug-likeness (QED) is 0.199. The molecule has 0 N–H and O–H groups in total. The van der Waals surface area contributed by atoms with Crippen LogP contribution in [0.25, 0.3) is 6.08 Å². The number of methoxy groups -OCH3 is 1. The molecule has 0 unspecified atom stereocenters. The molecule has 8 heteroatoms. The van der Waals surface area contributed by atoms with Crippen LogP contribution in [-0.2, 0) is 10.2 Å². The zero-order valence-electron chi connectivity index (χ0n) is 22.6. The first-order chi connectivity index (χ1) is 18.7. The molecule has 2 amide bonds. The predicted octanol–water partition coefficient (Wildman–Crippen LogP) is 6.57. The molecule has 1 aliphatic rings. The van der Waals surface area contributed by atoms with Crippen LogP contribution in [0.4, 0.5) is 4.79 Å². The number of hydrogen-bond acceptors (Lipinski definition) is 7. The standard InChI is InChI=1S/C31H33NO6S/c1-31(2,3)23-12-14-24(15-13-23)36-18-19-37-25-9-7-8-22(20-25)21-28-29(33)32(30(34)39-28)16-17-38-27-11-6-5-10-26(27)35-4/h5-15,20-21H,16-19H2,1-4H3/b28-21-. The lowest BCUT2D eigenvalue weighted by Crippen LogP contribution is -2.32. The van der Waals surface area contributed by atoms with Crippen molar-refractivity contribution in [2.45, 2.75) is 26.2 Å². The van der Waals surface area contributed by atoms with Crippen LogP contribution in [0.3, 0.4) is 0 Å². The summed E-state index contributed by atoms with van der Waals surface area (Å²) in [6.45, 7) is 7.60. The number of imide groups is 1. The number of para-hydroxylation sites is 2. The average molecular weight is 548 g/mol. The second kappa shape index (κ2) is 12.8. The van der Waals surface area contributed by atoms with Crippen molar-refractivity contribution < 1.29 is 28.5 Å². The van der Waals surface area contributed by atoms with E-state index in [1.165, 1.54) is 10.5 Å². The van der Waals surface area contributed by atoms with E-state index < -0.39 is 0 Å². The second-order valence-corrected chi connectivity index (χ2v) is 10.9. The summed E-state index contributed by atoms with van der Waals surface area (Å²) in [5, 5.41) is -0.324. The summed E-state index contributed by atoms with van der Waals surface area (Å²) in [7, 11) is 1.56. The fraction of sp³-hybridized carbons (Fsp3) is 0.290. The highest BCUT2D eigenvalue weighted by Crippen LogP contribution is 2.33. The molecular weight excluding hydrogens is 514 g/mol. The third kappa shape index (κ3) is 7.57. The van der Waals surface area contributed by atoms with Crippen molar-refractivity contribution in [3.63, 3.8) is 0 Å². The van der Waals surface area contributed by atoms with E-state index in [9.17, 15) is 9.59 Å². The molecule has 3 aromatic rings. The molecule has 1 saturated heterocycles. The first-order valence-corrected chi connectivity index (χ1v) is 13.5. The molecule has 0 aliphatic carbocycles. The molecule has 1 fully saturated rings. The summed E-state index contributed by atoms with van der Waals surface area (Å²) in [5.41, 5.74) is 2.12. The largest absolute Gasteiger partial charge is 0.493 e. The van der Waals surface area contributed by atoms with E-state index in [0.29, 0.717) is 35.4 Å². The minimum atomic E-state index is -0.342. The second-order valence-electron chi connectivity index (χ2n) is 9.88. The molecule has 3 aromatic carbocycles. The van der Waals surface area contributed by atoms with Gasteiger partial charge in [0.15, 0.2) is 11.5 Å². The van der Waals surface area contributed by atoms with E-state index in [1.807, 2.05) is 48.5 Å². The molecular formula is C31H33NO6S. The van der Waals surface area contributed by atoms with Crippen LogP contribution in [0.1, 0.15) is 31.9 Å². The smallest absolute Gasteiger partial charge is 0.293 e. The van der Waals surface area contributed by atoms with Crippen LogP contribution in [0.5, 0.6) is 23.0 Å². The van der Waals surface area contributed by atoms with Gasteiger partial charge in [-0.25, -0.2) is 0 Å². The fourth-order valence-electron chi connectivity index (χ4n) is 3.89. The monoisotopic (exact) mass is 547 g/mol. The zero-order valence-corrected chi connectivity index (χ0v) is 23.5. The van der Waals surface area contributed by atoms with Gasteiger partial charge in [0.1, 0.15) is 31.3 Å². The molecule has 1 aliphatic heterocycles. The van der Waals surface area contributed by atoms with Gasteiger partial charge >= 0.3 is 0 Å². The Bertz CT molecular complexity index is 1330. The first kappa shape index (κ1) is 28.1. The van der Waals surface area contributed by atoms with E-state index in [-0.39, 0.29) is 29.7 Å². The van der Waals surface area contributed by atoms with Crippen molar-refractivity contribution in [1.29, 1.82) is 0 Å². The summed E-state index contributed by atoms with van der Waals surface area (Å²) in [6.07, 6.45) is 1.70. The summed E-state index contributed by atoms with van der Waals surface area (Å²) in [5.74, 6) is 2.26. The average Bonchev–Trinajstić information content (AvgIpc) is 3.18. The van der Waals surface area contributed by atoms with Gasteiger partial charge in [0.25, 0.3) is 11.1 Å². The Kier molecular flexibility index (Phi) is 9.19. The lowest BCUT2D eigenvalue weighted by molar-refractivity contribution is -0.123. The van der Waals surface area contributed by atoms with E-state index in [2.05, 4.69) is 32.9 Å². The van der Waals surface area contributed by atoms with E-state index in [1.54, 1.807) is 25.3 Å². The van der Waals surface area contributed by atoms with Crippen LogP contribution < -0.4 is 18.9 Å². The Hall–Kier alpha value is -3.91. The van der Waals surface area contributed by atoms with E-state index in [0.717, 1.165) is 23.1 Å². The highest BCUT2D eigenvalue weighted by molar-refractivity contribution is 8.18. The van der Waals surface area contributed by atoms with Crippen molar-refractivity contribution in [2.24, 2.45) is 0 Å². The Balaban J connectivity index is 1.28. The molecule has 0 bridgehead atoms. The van der Waals surface area contributed by atoms with Crippen molar-refractivity contribution in [2.75, 3.05) is 33.5 Å². The van der Waals surface area contributed by atoms with Gasteiger partial charge in [-0.05, 0) is 70.8 Å². The highest BCUT2D eigenvalue weighted by atomic mass is 32.2. The number of benzene rings is 3. The number of carbonyl (C=O) groups excluding carboxylic acids is 2. The van der Waals surface area contributed by atoms with Gasteiger partial charge in [-0.2, -0.15) is 0 Å². The minimum absolute atomic E-state index is 0.0978. The van der Waals surface area contributed by atoms with Gasteiger partial charge in [-0.1, -0.05) is 57.2 Å². The molecule has 7 nitrogen and oxygen atoms in total. The zero-order chi connectivity index (χ0) is 27.8. The molecule has 39 heavy (non-hydrogen) atoms. The number of thioether (sulfide) groups is 1. The van der Waals surface area contributed by atoms with Crippen LogP contribution in [0.15, 0.2) is 77.7 Å². The number of amides is 2. The van der Waals surface area contributed by atoms with Crippen molar-refractivity contribution >= 4 is 29.0 Å². The number of nitrogens with zero attached hydrogens (tertiary/aromatic N) is 1. The number of carbonyl (C=O) groups is 2. The number of hydrogen-bond donors (Lipinski definition) is 0. The van der Waals surface area contributed by atoms with Crippen LogP contribution >= 0.6 is 11.8 Å². The third-order valence-electron chi connectivity index (χ3n) is 6.01. The summed E-state index contributed by atoms with van der Waals surface area (Å²) in [4.78, 5) is 26.9. The van der Waals surface area contributed by atoms with E-state index in [4.69, 9.17) is 18.9 Å². The summed E-state index contributed by atoms with van der Waals surface area (Å²) >= 11 is 0.915. The number of ether oxygens (including phenoxy) is 4. The van der Waals surface area contributed by atoms with Gasteiger partial charge in [-0.15, -0.1) is 0 Å². The van der Waals surface area contributed by atoms with Crippen molar-refractivity contribution in [1.82, 2.24) is 4.90 Å². The highest BCUT2D eigenvalue weighted by Gasteiger charge is 2.34. The maximum Gasteiger partial charge on any atom is 0.293 e. The van der Waals surface area contributed by atoms with Crippen molar-refractivity contribution in [3.05, 3.63) is 88.8 Å². The van der Waals surface area contributed by atoms with Crippen LogP contribution in [0.2, 0.25) is 0 Å². The molecule has 4 rings (SSSR count). The third-order valence-corrected chi connectivity index (χ3v) is 6.92. The van der Waals surface area contributed by atoms with Gasteiger partial charge in [0, 0.05) is 0 Å². The molecule has 0 saturated carbocycles. The van der Waals surface area contributed by atoms with Gasteiger partial charge in [0.2, 0.25) is 0 Å². The van der Waals surface area contributed by atoms with Gasteiger partial charge in [-0.3, -0.25) is 14.5 Å². The summed E-state index contributed by atoms with van der Waals surface area (Å²) in [6, 6.07) is 22.7. The minimum Gasteiger partial charge on any atom is -0.493 e. The predicted molar refractivity (Wildman–Crippen MR) is 154 cm³/mol. The van der Waals surface area contributed by atoms with E-state index >= 15 is 0 Å². The maximum atomic E-state index is 12.9.